The number of benzene rings is 1. The zero-order valence-corrected chi connectivity index (χ0v) is 13.1. The molecule has 0 bridgehead atoms. The lowest BCUT2D eigenvalue weighted by atomic mass is 10.1. The van der Waals surface area contributed by atoms with Crippen molar-refractivity contribution in [3.8, 4) is 5.69 Å². The van der Waals surface area contributed by atoms with E-state index in [1.54, 1.807) is 0 Å². The van der Waals surface area contributed by atoms with E-state index in [-0.39, 0.29) is 0 Å². The highest BCUT2D eigenvalue weighted by Crippen LogP contribution is 2.27. The molecule has 0 unspecified atom stereocenters. The molecule has 0 saturated carbocycles. The van der Waals surface area contributed by atoms with Crippen LogP contribution in [0.25, 0.3) is 5.69 Å². The molecule has 0 saturated heterocycles. The van der Waals surface area contributed by atoms with Crippen LogP contribution in [0.15, 0.2) is 39.0 Å². The quantitative estimate of drug-likeness (QED) is 0.499. The lowest BCUT2D eigenvalue weighted by Crippen LogP contribution is -2.20. The number of carbonyl (C=O) groups is 1. The Kier molecular flexibility index (Phi) is 4.02. The molecule has 0 spiro atoms. The van der Waals surface area contributed by atoms with Crippen molar-refractivity contribution in [2.75, 3.05) is 0 Å². The molecule has 0 aliphatic carbocycles. The molecule has 1 aromatic carbocycles. The number of aromatic nitrogens is 2. The van der Waals surface area contributed by atoms with Crippen LogP contribution in [0.2, 0.25) is 0 Å². The predicted octanol–water partition coefficient (Wildman–Crippen LogP) is -0.138. The molecular formula is C11H10N2O8S2. The minimum atomic E-state index is -4.99. The van der Waals surface area contributed by atoms with Crippen LogP contribution in [0.3, 0.4) is 0 Å². The van der Waals surface area contributed by atoms with E-state index in [2.05, 4.69) is 5.10 Å². The van der Waals surface area contributed by atoms with E-state index in [0.29, 0.717) is 16.8 Å². The number of nitrogens with zero attached hydrogens (tertiary/aromatic N) is 1. The van der Waals surface area contributed by atoms with Gasteiger partial charge < -0.3 is 0 Å². The lowest BCUT2D eigenvalue weighted by Gasteiger charge is -2.13. The molecule has 0 aliphatic rings. The molecule has 0 atom stereocenters. The fraction of sp³-hybridized carbons (Fsp3) is 0.0909. The van der Waals surface area contributed by atoms with Gasteiger partial charge in [-0.05, 0) is 19.1 Å². The first-order valence-electron chi connectivity index (χ1n) is 5.83. The van der Waals surface area contributed by atoms with Crippen LogP contribution in [0.1, 0.15) is 17.3 Å². The van der Waals surface area contributed by atoms with Crippen molar-refractivity contribution in [3.63, 3.8) is 0 Å². The first kappa shape index (κ1) is 17.1. The second-order valence-corrected chi connectivity index (χ2v) is 7.24. The third-order valence-corrected chi connectivity index (χ3v) is 4.65. The Hall–Kier alpha value is -2.28. The van der Waals surface area contributed by atoms with Gasteiger partial charge in [0.25, 0.3) is 25.8 Å². The second-order valence-electron chi connectivity index (χ2n) is 4.46. The van der Waals surface area contributed by atoms with Crippen LogP contribution in [0.5, 0.6) is 0 Å². The van der Waals surface area contributed by atoms with Crippen LogP contribution < -0.4 is 5.56 Å². The van der Waals surface area contributed by atoms with Gasteiger partial charge in [-0.3, -0.25) is 23.8 Å². The first-order valence-corrected chi connectivity index (χ1v) is 8.71. The highest BCUT2D eigenvalue weighted by Gasteiger charge is 2.28. The van der Waals surface area contributed by atoms with Crippen LogP contribution in [-0.2, 0) is 20.2 Å². The molecule has 1 aromatic heterocycles. The SMILES string of the molecule is CC(=O)c1cc(S(=O)(=O)O)cc(-n2[nH]ccc2=O)c1S(=O)(=O)O. The Bertz CT molecular complexity index is 1060. The number of H-pyrrole nitrogens is 1. The predicted molar refractivity (Wildman–Crippen MR) is 76.0 cm³/mol. The van der Waals surface area contributed by atoms with Gasteiger partial charge in [0.15, 0.2) is 5.78 Å². The fourth-order valence-corrected chi connectivity index (χ4v) is 3.37. The van der Waals surface area contributed by atoms with E-state index < -0.39 is 52.6 Å². The van der Waals surface area contributed by atoms with E-state index in [9.17, 15) is 31.0 Å². The smallest absolute Gasteiger partial charge is 0.297 e. The highest BCUT2D eigenvalue weighted by atomic mass is 32.2. The van der Waals surface area contributed by atoms with Gasteiger partial charge >= 0.3 is 0 Å². The molecule has 0 radical (unpaired) electrons. The molecule has 10 nitrogen and oxygen atoms in total. The first-order chi connectivity index (χ1) is 10.4. The number of ketones is 1. The van der Waals surface area contributed by atoms with E-state index in [4.69, 9.17) is 4.55 Å². The molecule has 0 aliphatic heterocycles. The van der Waals surface area contributed by atoms with Gasteiger partial charge in [0.05, 0.1) is 10.6 Å². The molecule has 2 aromatic rings. The fourth-order valence-electron chi connectivity index (χ4n) is 1.94. The van der Waals surface area contributed by atoms with E-state index in [1.807, 2.05) is 0 Å². The molecular weight excluding hydrogens is 352 g/mol. The summed E-state index contributed by atoms with van der Waals surface area (Å²) in [5.41, 5.74) is -2.10. The Labute approximate surface area is 129 Å². The standard InChI is InChI=1S/C11H10N2O8S2/c1-6(14)8-4-7(22(16,17)18)5-9(11(8)23(19,20)21)13-10(15)2-3-12-13/h2-5,12H,1H3,(H,16,17,18)(H,19,20,21). The van der Waals surface area contributed by atoms with Crippen molar-refractivity contribution in [1.29, 1.82) is 0 Å². The molecule has 0 fully saturated rings. The summed E-state index contributed by atoms with van der Waals surface area (Å²) >= 11 is 0. The van der Waals surface area contributed by atoms with Crippen molar-refractivity contribution in [3.05, 3.63) is 40.3 Å². The van der Waals surface area contributed by atoms with Crippen molar-refractivity contribution < 1.29 is 30.7 Å². The van der Waals surface area contributed by atoms with E-state index >= 15 is 0 Å². The number of nitrogens with one attached hydrogen (secondary N) is 1. The van der Waals surface area contributed by atoms with Crippen molar-refractivity contribution in [2.45, 2.75) is 16.7 Å². The van der Waals surface area contributed by atoms with Gasteiger partial charge in [0.2, 0.25) is 0 Å². The zero-order valence-electron chi connectivity index (χ0n) is 11.4. The topological polar surface area (TPSA) is 164 Å². The lowest BCUT2D eigenvalue weighted by molar-refractivity contribution is 0.101. The minimum Gasteiger partial charge on any atom is -0.298 e. The summed E-state index contributed by atoms with van der Waals surface area (Å²) in [7, 11) is -9.80. The number of Topliss-reactive ketones (excluding diaryl/α,β-unsaturated/α-hetero) is 1. The monoisotopic (exact) mass is 362 g/mol. The average Bonchev–Trinajstić information content (AvgIpc) is 2.81. The maximum Gasteiger partial charge on any atom is 0.297 e. The van der Waals surface area contributed by atoms with Crippen LogP contribution in [-0.4, -0.2) is 41.5 Å². The van der Waals surface area contributed by atoms with Gasteiger partial charge in [-0.2, -0.15) is 16.8 Å². The minimum absolute atomic E-state index is 0.595. The van der Waals surface area contributed by atoms with E-state index in [0.717, 1.165) is 19.2 Å². The van der Waals surface area contributed by atoms with Crippen molar-refractivity contribution >= 4 is 26.0 Å². The van der Waals surface area contributed by atoms with Gasteiger partial charge in [-0.1, -0.05) is 0 Å². The molecule has 0 amide bonds. The summed E-state index contributed by atoms with van der Waals surface area (Å²) < 4.78 is 64.9. The van der Waals surface area contributed by atoms with Crippen LogP contribution in [0, 0.1) is 0 Å². The van der Waals surface area contributed by atoms with E-state index in [1.165, 1.54) is 0 Å². The van der Waals surface area contributed by atoms with Crippen LogP contribution >= 0.6 is 0 Å². The van der Waals surface area contributed by atoms with Crippen molar-refractivity contribution in [2.24, 2.45) is 0 Å². The van der Waals surface area contributed by atoms with Gasteiger partial charge in [0, 0.05) is 17.8 Å². The zero-order chi connectivity index (χ0) is 17.6. The molecule has 12 heteroatoms. The summed E-state index contributed by atoms with van der Waals surface area (Å²) in [5, 5.41) is 2.32. The summed E-state index contributed by atoms with van der Waals surface area (Å²) in [6.45, 7) is 0.930. The van der Waals surface area contributed by atoms with Crippen molar-refractivity contribution in [1.82, 2.24) is 9.78 Å². The summed E-state index contributed by atoms with van der Waals surface area (Å²) in [5.74, 6) is -0.899. The maximum absolute atomic E-state index is 11.7. The van der Waals surface area contributed by atoms with Crippen LogP contribution in [0.4, 0.5) is 0 Å². The average molecular weight is 362 g/mol. The number of aromatic amines is 1. The Morgan fingerprint density at radius 3 is 2.13 bits per heavy atom. The number of carbonyl (C=O) groups excluding carboxylic acids is 1. The summed E-state index contributed by atoms with van der Waals surface area (Å²) in [4.78, 5) is 21.6. The molecule has 23 heavy (non-hydrogen) atoms. The molecule has 3 N–H and O–H groups in total. The Morgan fingerprint density at radius 2 is 1.74 bits per heavy atom. The number of hydrogen-bond donors (Lipinski definition) is 3. The third-order valence-electron chi connectivity index (χ3n) is 2.87. The van der Waals surface area contributed by atoms with Gasteiger partial charge in [0.1, 0.15) is 4.90 Å². The molecule has 124 valence electrons. The molecule has 1 heterocycles. The largest absolute Gasteiger partial charge is 0.298 e. The maximum atomic E-state index is 11.7. The summed E-state index contributed by atoms with van der Waals surface area (Å²) in [6, 6.07) is 2.24. The summed E-state index contributed by atoms with van der Waals surface area (Å²) in [6.07, 6.45) is 1.13. The van der Waals surface area contributed by atoms with Gasteiger partial charge in [-0.25, -0.2) is 4.68 Å². The number of hydrogen-bond acceptors (Lipinski definition) is 6. The molecule has 2 rings (SSSR count). The Balaban J connectivity index is 3.09. The second kappa shape index (κ2) is 5.42. The highest BCUT2D eigenvalue weighted by molar-refractivity contribution is 7.86. The Morgan fingerprint density at radius 1 is 1.13 bits per heavy atom. The normalized spacial score (nSPS) is 12.3. The number of rotatable bonds is 4. The van der Waals surface area contributed by atoms with Gasteiger partial charge in [-0.15, -0.1) is 0 Å². The third kappa shape index (κ3) is 3.24.